The summed E-state index contributed by atoms with van der Waals surface area (Å²) in [5, 5.41) is 7.25. The Kier molecular flexibility index (Phi) is 8.64. The van der Waals surface area contributed by atoms with Crippen molar-refractivity contribution in [2.24, 2.45) is 5.92 Å². The summed E-state index contributed by atoms with van der Waals surface area (Å²) in [4.78, 5) is 28.0. The lowest BCUT2D eigenvalue weighted by atomic mass is 10.1. The summed E-state index contributed by atoms with van der Waals surface area (Å²) < 4.78 is 1.60. The largest absolute Gasteiger partial charge is 0.332 e. The molecule has 1 atom stereocenters. The number of benzene rings is 3. The highest BCUT2D eigenvalue weighted by molar-refractivity contribution is 6.32. The number of aromatic nitrogens is 2. The standard InChI is InChI=1S/C29H28Cl2N4O2/c1-20(2)18-34(29(37)28(31)22-13-7-4-8-14-22)19-27(36)32-26-17-24(21-11-5-3-6-12-21)33-35(26)25-16-10-9-15-23(25)30/h3-17,20,28H,18-19H2,1-2H3,(H,32,36). The van der Waals surface area contributed by atoms with Gasteiger partial charge in [0.25, 0.3) is 0 Å². The van der Waals surface area contributed by atoms with Crippen molar-refractivity contribution < 1.29 is 9.59 Å². The van der Waals surface area contributed by atoms with Crippen LogP contribution in [-0.4, -0.2) is 39.6 Å². The molecule has 0 fully saturated rings. The van der Waals surface area contributed by atoms with Gasteiger partial charge in [-0.05, 0) is 23.6 Å². The quantitative estimate of drug-likeness (QED) is 0.246. The number of rotatable bonds is 9. The fourth-order valence-corrected chi connectivity index (χ4v) is 4.48. The Morgan fingerprint density at radius 3 is 2.22 bits per heavy atom. The Morgan fingerprint density at radius 1 is 0.946 bits per heavy atom. The first-order chi connectivity index (χ1) is 17.8. The molecule has 4 rings (SSSR count). The molecule has 37 heavy (non-hydrogen) atoms. The summed E-state index contributed by atoms with van der Waals surface area (Å²) >= 11 is 13.0. The maximum Gasteiger partial charge on any atom is 0.245 e. The van der Waals surface area contributed by atoms with Gasteiger partial charge in [-0.2, -0.15) is 5.10 Å². The molecule has 1 aromatic heterocycles. The van der Waals surface area contributed by atoms with Gasteiger partial charge in [-0.15, -0.1) is 11.6 Å². The first-order valence-electron chi connectivity index (χ1n) is 12.0. The summed E-state index contributed by atoms with van der Waals surface area (Å²) in [5.41, 5.74) is 2.89. The zero-order chi connectivity index (χ0) is 26.4. The van der Waals surface area contributed by atoms with E-state index in [1.807, 2.05) is 80.6 Å². The predicted octanol–water partition coefficient (Wildman–Crippen LogP) is 6.60. The number of nitrogens with one attached hydrogen (secondary N) is 1. The summed E-state index contributed by atoms with van der Waals surface area (Å²) in [5.74, 6) is -0.0887. The second kappa shape index (κ2) is 12.1. The molecular formula is C29H28Cl2N4O2. The number of carbonyl (C=O) groups excluding carboxylic acids is 2. The number of carbonyl (C=O) groups is 2. The number of anilines is 1. The molecule has 2 amide bonds. The van der Waals surface area contributed by atoms with E-state index in [-0.39, 0.29) is 24.3 Å². The van der Waals surface area contributed by atoms with Crippen LogP contribution in [0.4, 0.5) is 5.82 Å². The summed E-state index contributed by atoms with van der Waals surface area (Å²) in [6.45, 7) is 4.22. The van der Waals surface area contributed by atoms with Gasteiger partial charge in [0.1, 0.15) is 11.2 Å². The minimum atomic E-state index is -0.883. The molecule has 1 heterocycles. The van der Waals surface area contributed by atoms with Crippen LogP contribution in [0.25, 0.3) is 16.9 Å². The van der Waals surface area contributed by atoms with Gasteiger partial charge in [-0.25, -0.2) is 4.68 Å². The Bertz CT molecular complexity index is 1360. The molecule has 0 spiro atoms. The fourth-order valence-electron chi connectivity index (χ4n) is 3.98. The maximum atomic E-state index is 13.3. The van der Waals surface area contributed by atoms with Crippen molar-refractivity contribution >= 4 is 40.8 Å². The molecule has 6 nitrogen and oxygen atoms in total. The number of hydrogen-bond acceptors (Lipinski definition) is 3. The van der Waals surface area contributed by atoms with Crippen molar-refractivity contribution in [3.63, 3.8) is 0 Å². The zero-order valence-corrected chi connectivity index (χ0v) is 22.2. The lowest BCUT2D eigenvalue weighted by Gasteiger charge is -2.26. The van der Waals surface area contributed by atoms with E-state index in [1.165, 1.54) is 4.90 Å². The van der Waals surface area contributed by atoms with Crippen LogP contribution in [0, 0.1) is 5.92 Å². The van der Waals surface area contributed by atoms with Crippen LogP contribution in [0.3, 0.4) is 0 Å². The van der Waals surface area contributed by atoms with Crippen LogP contribution in [0.1, 0.15) is 24.8 Å². The summed E-state index contributed by atoms with van der Waals surface area (Å²) in [7, 11) is 0. The molecule has 3 aromatic carbocycles. The number of amides is 2. The van der Waals surface area contributed by atoms with Crippen LogP contribution < -0.4 is 5.32 Å². The molecule has 0 aliphatic carbocycles. The van der Waals surface area contributed by atoms with Crippen LogP contribution in [-0.2, 0) is 9.59 Å². The minimum absolute atomic E-state index is 0.148. The van der Waals surface area contributed by atoms with E-state index in [0.29, 0.717) is 34.3 Å². The minimum Gasteiger partial charge on any atom is -0.332 e. The van der Waals surface area contributed by atoms with E-state index in [4.69, 9.17) is 28.3 Å². The van der Waals surface area contributed by atoms with Gasteiger partial charge in [-0.1, -0.05) is 98.2 Å². The van der Waals surface area contributed by atoms with Crippen molar-refractivity contribution in [3.05, 3.63) is 102 Å². The SMILES string of the molecule is CC(C)CN(CC(=O)Nc1cc(-c2ccccc2)nn1-c1ccccc1Cl)C(=O)C(Cl)c1ccccc1. The third kappa shape index (κ3) is 6.59. The zero-order valence-electron chi connectivity index (χ0n) is 20.6. The number of para-hydroxylation sites is 1. The summed E-state index contributed by atoms with van der Waals surface area (Å²) in [6.07, 6.45) is 0. The van der Waals surface area contributed by atoms with Crippen molar-refractivity contribution in [1.29, 1.82) is 0 Å². The molecular weight excluding hydrogens is 507 g/mol. The molecule has 8 heteroatoms. The Morgan fingerprint density at radius 2 is 1.57 bits per heavy atom. The number of halogens is 2. The molecule has 0 radical (unpaired) electrons. The Hall–Kier alpha value is -3.61. The van der Waals surface area contributed by atoms with Gasteiger partial charge < -0.3 is 10.2 Å². The van der Waals surface area contributed by atoms with Gasteiger partial charge in [0, 0.05) is 18.2 Å². The third-order valence-electron chi connectivity index (χ3n) is 5.67. The first-order valence-corrected chi connectivity index (χ1v) is 12.8. The topological polar surface area (TPSA) is 67.2 Å². The first kappa shape index (κ1) is 26.5. The highest BCUT2D eigenvalue weighted by atomic mass is 35.5. The van der Waals surface area contributed by atoms with Gasteiger partial charge in [0.15, 0.2) is 0 Å². The van der Waals surface area contributed by atoms with Crippen molar-refractivity contribution in [2.45, 2.75) is 19.2 Å². The molecule has 0 saturated heterocycles. The van der Waals surface area contributed by atoms with E-state index in [9.17, 15) is 9.59 Å². The third-order valence-corrected chi connectivity index (χ3v) is 6.43. The highest BCUT2D eigenvalue weighted by Gasteiger charge is 2.27. The molecule has 0 aliphatic heterocycles. The molecule has 0 saturated carbocycles. The molecule has 190 valence electrons. The van der Waals surface area contributed by atoms with Crippen LogP contribution >= 0.6 is 23.2 Å². The predicted molar refractivity (Wildman–Crippen MR) is 149 cm³/mol. The van der Waals surface area contributed by atoms with Crippen molar-refractivity contribution in [2.75, 3.05) is 18.4 Å². The Balaban J connectivity index is 1.60. The fraction of sp³-hybridized carbons (Fsp3) is 0.207. The lowest BCUT2D eigenvalue weighted by Crippen LogP contribution is -2.41. The summed E-state index contributed by atoms with van der Waals surface area (Å²) in [6, 6.07) is 27.9. The van der Waals surface area contributed by atoms with Gasteiger partial charge in [-0.3, -0.25) is 9.59 Å². The smallest absolute Gasteiger partial charge is 0.245 e. The second-order valence-corrected chi connectivity index (χ2v) is 9.92. The maximum absolute atomic E-state index is 13.3. The van der Waals surface area contributed by atoms with Gasteiger partial charge >= 0.3 is 0 Å². The molecule has 4 aromatic rings. The van der Waals surface area contributed by atoms with E-state index in [2.05, 4.69) is 5.32 Å². The second-order valence-electron chi connectivity index (χ2n) is 9.08. The van der Waals surface area contributed by atoms with Gasteiger partial charge in [0.2, 0.25) is 11.8 Å². The van der Waals surface area contributed by atoms with E-state index >= 15 is 0 Å². The lowest BCUT2D eigenvalue weighted by molar-refractivity contribution is -0.135. The van der Waals surface area contributed by atoms with Crippen LogP contribution in [0.5, 0.6) is 0 Å². The van der Waals surface area contributed by atoms with E-state index in [1.54, 1.807) is 28.9 Å². The van der Waals surface area contributed by atoms with Crippen LogP contribution in [0.15, 0.2) is 91.0 Å². The number of alkyl halides is 1. The average molecular weight is 535 g/mol. The van der Waals surface area contributed by atoms with E-state index in [0.717, 1.165) is 5.56 Å². The molecule has 0 bridgehead atoms. The number of hydrogen-bond donors (Lipinski definition) is 1. The van der Waals surface area contributed by atoms with Crippen LogP contribution in [0.2, 0.25) is 5.02 Å². The van der Waals surface area contributed by atoms with Crippen molar-refractivity contribution in [1.82, 2.24) is 14.7 Å². The normalized spacial score (nSPS) is 11.8. The monoisotopic (exact) mass is 534 g/mol. The Labute approximate surface area is 226 Å². The molecule has 0 aliphatic rings. The van der Waals surface area contributed by atoms with Gasteiger partial charge in [0.05, 0.1) is 22.9 Å². The molecule has 1 N–H and O–H groups in total. The van der Waals surface area contributed by atoms with Crippen molar-refractivity contribution in [3.8, 4) is 16.9 Å². The highest BCUT2D eigenvalue weighted by Crippen LogP contribution is 2.28. The number of nitrogens with zero attached hydrogens (tertiary/aromatic N) is 3. The average Bonchev–Trinajstić information content (AvgIpc) is 3.31. The van der Waals surface area contributed by atoms with E-state index < -0.39 is 5.38 Å². The molecule has 1 unspecified atom stereocenters.